The molecule has 0 radical (unpaired) electrons. The van der Waals surface area contributed by atoms with Crippen LogP contribution in [0.4, 0.5) is 4.39 Å². The Bertz CT molecular complexity index is 1140. The lowest BCUT2D eigenvalue weighted by Gasteiger charge is -2.04. The van der Waals surface area contributed by atoms with Crippen LogP contribution in [0.2, 0.25) is 5.02 Å². The summed E-state index contributed by atoms with van der Waals surface area (Å²) < 4.78 is 20.1. The molecule has 4 rings (SSSR count). The van der Waals surface area contributed by atoms with Gasteiger partial charge >= 0.3 is 0 Å². The lowest BCUT2D eigenvalue weighted by Crippen LogP contribution is -2.21. The minimum atomic E-state index is -0.371. The first-order valence-electron chi connectivity index (χ1n) is 7.45. The molecule has 0 N–H and O–H groups in total. The average molecular weight is 356 g/mol. The Labute approximate surface area is 146 Å². The van der Waals surface area contributed by atoms with Crippen LogP contribution >= 0.6 is 11.6 Å². The Kier molecular flexibility index (Phi) is 3.82. The SMILES string of the molecule is O=c1c2cc(Cl)ccc2ncn1Cc1coc(-c2cccc(F)c2)n1. The number of hydrogen-bond acceptors (Lipinski definition) is 4. The van der Waals surface area contributed by atoms with Crippen molar-refractivity contribution < 1.29 is 8.81 Å². The van der Waals surface area contributed by atoms with Crippen LogP contribution in [-0.4, -0.2) is 14.5 Å². The molecular weight excluding hydrogens is 345 g/mol. The lowest BCUT2D eigenvalue weighted by molar-refractivity contribution is 0.569. The fraction of sp³-hybridized carbons (Fsp3) is 0.0556. The van der Waals surface area contributed by atoms with Crippen LogP contribution in [0.1, 0.15) is 5.69 Å². The summed E-state index contributed by atoms with van der Waals surface area (Å²) in [7, 11) is 0. The Morgan fingerprint density at radius 2 is 2.08 bits per heavy atom. The maximum Gasteiger partial charge on any atom is 0.261 e. The van der Waals surface area contributed by atoms with Crippen molar-refractivity contribution >= 4 is 22.5 Å². The standard InChI is InChI=1S/C18H11ClFN3O2/c19-12-4-5-16-15(7-12)18(24)23(10-21-16)8-14-9-25-17(22-14)11-2-1-3-13(20)6-11/h1-7,9-10H,8H2. The van der Waals surface area contributed by atoms with Crippen LogP contribution in [0, 0.1) is 5.82 Å². The summed E-state index contributed by atoms with van der Waals surface area (Å²) >= 11 is 5.95. The number of benzene rings is 2. The van der Waals surface area contributed by atoms with Gasteiger partial charge in [-0.15, -0.1) is 0 Å². The molecule has 7 heteroatoms. The average Bonchev–Trinajstić information content (AvgIpc) is 3.07. The third-order valence-electron chi connectivity index (χ3n) is 3.74. The number of oxazole rings is 1. The van der Waals surface area contributed by atoms with E-state index in [4.69, 9.17) is 16.0 Å². The Balaban J connectivity index is 1.68. The van der Waals surface area contributed by atoms with Gasteiger partial charge in [0.1, 0.15) is 12.1 Å². The van der Waals surface area contributed by atoms with Gasteiger partial charge in [0, 0.05) is 10.6 Å². The summed E-state index contributed by atoms with van der Waals surface area (Å²) in [5.74, 6) is -0.0802. The number of rotatable bonds is 3. The van der Waals surface area contributed by atoms with E-state index in [9.17, 15) is 9.18 Å². The van der Waals surface area contributed by atoms with E-state index in [1.165, 1.54) is 29.3 Å². The summed E-state index contributed by atoms with van der Waals surface area (Å²) in [4.78, 5) is 21.1. The van der Waals surface area contributed by atoms with Gasteiger partial charge in [0.25, 0.3) is 5.56 Å². The van der Waals surface area contributed by atoms with E-state index >= 15 is 0 Å². The summed E-state index contributed by atoms with van der Waals surface area (Å²) in [5.41, 5.74) is 1.42. The molecule has 0 amide bonds. The smallest absolute Gasteiger partial charge is 0.261 e. The predicted molar refractivity (Wildman–Crippen MR) is 92.0 cm³/mol. The zero-order valence-corrected chi connectivity index (χ0v) is 13.6. The highest BCUT2D eigenvalue weighted by Gasteiger charge is 2.10. The van der Waals surface area contributed by atoms with Crippen LogP contribution in [-0.2, 0) is 6.54 Å². The second-order valence-electron chi connectivity index (χ2n) is 5.49. The molecule has 0 fully saturated rings. The Hall–Kier alpha value is -2.99. The topological polar surface area (TPSA) is 60.9 Å². The van der Waals surface area contributed by atoms with Crippen molar-refractivity contribution in [1.82, 2.24) is 14.5 Å². The number of fused-ring (bicyclic) bond motifs is 1. The van der Waals surface area contributed by atoms with E-state index in [2.05, 4.69) is 9.97 Å². The van der Waals surface area contributed by atoms with Gasteiger partial charge in [-0.3, -0.25) is 9.36 Å². The summed E-state index contributed by atoms with van der Waals surface area (Å²) in [5, 5.41) is 0.905. The molecule has 0 atom stereocenters. The second kappa shape index (κ2) is 6.14. The van der Waals surface area contributed by atoms with Crippen molar-refractivity contribution in [2.75, 3.05) is 0 Å². The third kappa shape index (κ3) is 3.04. The molecule has 0 spiro atoms. The molecule has 0 unspecified atom stereocenters. The molecule has 5 nitrogen and oxygen atoms in total. The van der Waals surface area contributed by atoms with Crippen molar-refractivity contribution in [2.45, 2.75) is 6.54 Å². The van der Waals surface area contributed by atoms with Crippen LogP contribution in [0.15, 0.2) is 64.3 Å². The number of hydrogen-bond donors (Lipinski definition) is 0. The third-order valence-corrected chi connectivity index (χ3v) is 3.98. The largest absolute Gasteiger partial charge is 0.444 e. The molecule has 124 valence electrons. The summed E-state index contributed by atoms with van der Waals surface area (Å²) in [6.45, 7) is 0.188. The molecule has 0 aliphatic heterocycles. The Morgan fingerprint density at radius 3 is 2.92 bits per heavy atom. The van der Waals surface area contributed by atoms with Crippen molar-refractivity contribution in [3.63, 3.8) is 0 Å². The van der Waals surface area contributed by atoms with Crippen molar-refractivity contribution in [3.05, 3.63) is 81.9 Å². The summed E-state index contributed by atoms with van der Waals surface area (Å²) in [6.07, 6.45) is 2.89. The molecule has 0 bridgehead atoms. The van der Waals surface area contributed by atoms with E-state index in [0.29, 0.717) is 33.1 Å². The normalized spacial score (nSPS) is 11.1. The fourth-order valence-corrected chi connectivity index (χ4v) is 2.72. The minimum Gasteiger partial charge on any atom is -0.444 e. The quantitative estimate of drug-likeness (QED) is 0.559. The summed E-state index contributed by atoms with van der Waals surface area (Å²) in [6, 6.07) is 10.9. The lowest BCUT2D eigenvalue weighted by atomic mass is 10.2. The maximum absolute atomic E-state index is 13.3. The minimum absolute atomic E-state index is 0.188. The van der Waals surface area contributed by atoms with E-state index < -0.39 is 0 Å². The highest BCUT2D eigenvalue weighted by Crippen LogP contribution is 2.20. The zero-order valence-electron chi connectivity index (χ0n) is 12.8. The first-order valence-corrected chi connectivity index (χ1v) is 7.83. The molecule has 2 aromatic carbocycles. The van der Waals surface area contributed by atoms with Gasteiger partial charge in [-0.1, -0.05) is 17.7 Å². The molecule has 0 saturated carbocycles. The van der Waals surface area contributed by atoms with Crippen LogP contribution < -0.4 is 5.56 Å². The van der Waals surface area contributed by atoms with Gasteiger partial charge in [-0.2, -0.15) is 0 Å². The zero-order chi connectivity index (χ0) is 17.4. The number of halogens is 2. The van der Waals surface area contributed by atoms with Gasteiger partial charge < -0.3 is 4.42 Å². The van der Waals surface area contributed by atoms with Crippen molar-refractivity contribution in [2.24, 2.45) is 0 Å². The molecule has 0 aliphatic carbocycles. The number of aromatic nitrogens is 3. The van der Waals surface area contributed by atoms with Crippen LogP contribution in [0.3, 0.4) is 0 Å². The highest BCUT2D eigenvalue weighted by atomic mass is 35.5. The van der Waals surface area contributed by atoms with Gasteiger partial charge in [0.05, 0.1) is 29.5 Å². The van der Waals surface area contributed by atoms with Crippen molar-refractivity contribution in [1.29, 1.82) is 0 Å². The fourth-order valence-electron chi connectivity index (χ4n) is 2.55. The molecule has 4 aromatic rings. The first kappa shape index (κ1) is 15.5. The van der Waals surface area contributed by atoms with Crippen LogP contribution in [0.5, 0.6) is 0 Å². The monoisotopic (exact) mass is 355 g/mol. The molecule has 0 aliphatic rings. The van der Waals surface area contributed by atoms with E-state index in [1.807, 2.05) is 0 Å². The molecule has 2 aromatic heterocycles. The van der Waals surface area contributed by atoms with Gasteiger partial charge in [-0.05, 0) is 36.4 Å². The number of nitrogens with zero attached hydrogens (tertiary/aromatic N) is 3. The first-order chi connectivity index (χ1) is 12.1. The molecule has 25 heavy (non-hydrogen) atoms. The van der Waals surface area contributed by atoms with Crippen LogP contribution in [0.25, 0.3) is 22.4 Å². The second-order valence-corrected chi connectivity index (χ2v) is 5.93. The van der Waals surface area contributed by atoms with E-state index in [1.54, 1.807) is 30.3 Å². The molecule has 2 heterocycles. The molecule has 0 saturated heterocycles. The van der Waals surface area contributed by atoms with Crippen molar-refractivity contribution in [3.8, 4) is 11.5 Å². The maximum atomic E-state index is 13.3. The van der Waals surface area contributed by atoms with E-state index in [-0.39, 0.29) is 17.9 Å². The van der Waals surface area contributed by atoms with Gasteiger partial charge in [0.15, 0.2) is 0 Å². The Morgan fingerprint density at radius 1 is 1.20 bits per heavy atom. The van der Waals surface area contributed by atoms with E-state index in [0.717, 1.165) is 0 Å². The molecular formula is C18H11ClFN3O2. The van der Waals surface area contributed by atoms with Gasteiger partial charge in [-0.25, -0.2) is 14.4 Å². The predicted octanol–water partition coefficient (Wildman–Crippen LogP) is 3.89. The van der Waals surface area contributed by atoms with Gasteiger partial charge in [0.2, 0.25) is 5.89 Å². The highest BCUT2D eigenvalue weighted by molar-refractivity contribution is 6.31.